The highest BCUT2D eigenvalue weighted by atomic mass is 15.3. The van der Waals surface area contributed by atoms with Gasteiger partial charge in [0.2, 0.25) is 0 Å². The van der Waals surface area contributed by atoms with Gasteiger partial charge in [-0.1, -0.05) is 13.8 Å². The molecule has 3 nitrogen and oxygen atoms in total. The van der Waals surface area contributed by atoms with Crippen molar-refractivity contribution in [1.29, 1.82) is 0 Å². The molecule has 1 aromatic heterocycles. The standard InChI is InChI=1S/C7H13N3/c1-4-6(2)7-8-5-10(3)9-7/h5-6H,4H2,1-3H3. The van der Waals surface area contributed by atoms with Gasteiger partial charge in [-0.15, -0.1) is 0 Å². The zero-order valence-corrected chi connectivity index (χ0v) is 6.70. The summed E-state index contributed by atoms with van der Waals surface area (Å²) in [6.07, 6.45) is 2.84. The summed E-state index contributed by atoms with van der Waals surface area (Å²) in [4.78, 5) is 4.14. The second-order valence-corrected chi connectivity index (χ2v) is 2.59. The van der Waals surface area contributed by atoms with Gasteiger partial charge in [0.15, 0.2) is 5.82 Å². The number of hydrogen-bond donors (Lipinski definition) is 0. The Balaban J connectivity index is 2.74. The molecule has 0 bridgehead atoms. The van der Waals surface area contributed by atoms with Crippen LogP contribution in [0.1, 0.15) is 32.0 Å². The molecule has 0 spiro atoms. The van der Waals surface area contributed by atoms with Crippen LogP contribution in [-0.2, 0) is 7.05 Å². The van der Waals surface area contributed by atoms with E-state index in [-0.39, 0.29) is 0 Å². The van der Waals surface area contributed by atoms with E-state index in [1.165, 1.54) is 0 Å². The molecule has 0 aromatic carbocycles. The van der Waals surface area contributed by atoms with Crippen molar-refractivity contribution in [1.82, 2.24) is 14.8 Å². The van der Waals surface area contributed by atoms with Crippen LogP contribution in [0.4, 0.5) is 0 Å². The van der Waals surface area contributed by atoms with E-state index in [0.717, 1.165) is 12.2 Å². The Hall–Kier alpha value is -0.860. The minimum atomic E-state index is 0.487. The molecule has 0 saturated heterocycles. The van der Waals surface area contributed by atoms with Crippen molar-refractivity contribution in [2.24, 2.45) is 7.05 Å². The van der Waals surface area contributed by atoms with Crippen molar-refractivity contribution in [2.45, 2.75) is 26.2 Å². The van der Waals surface area contributed by atoms with Crippen LogP contribution in [0.2, 0.25) is 0 Å². The predicted molar refractivity (Wildman–Crippen MR) is 39.7 cm³/mol. The molecule has 0 aliphatic rings. The van der Waals surface area contributed by atoms with E-state index >= 15 is 0 Å². The molecule has 0 amide bonds. The van der Waals surface area contributed by atoms with Gasteiger partial charge >= 0.3 is 0 Å². The van der Waals surface area contributed by atoms with E-state index in [0.29, 0.717) is 5.92 Å². The molecule has 0 aliphatic heterocycles. The number of nitrogens with zero attached hydrogens (tertiary/aromatic N) is 3. The number of aryl methyl sites for hydroxylation is 1. The van der Waals surface area contributed by atoms with Crippen LogP contribution in [0, 0.1) is 0 Å². The minimum absolute atomic E-state index is 0.487. The summed E-state index contributed by atoms with van der Waals surface area (Å²) in [5.41, 5.74) is 0. The summed E-state index contributed by atoms with van der Waals surface area (Å²) in [7, 11) is 1.89. The Bertz CT molecular complexity index is 204. The average molecular weight is 139 g/mol. The van der Waals surface area contributed by atoms with E-state index in [1.807, 2.05) is 7.05 Å². The van der Waals surface area contributed by atoms with Gasteiger partial charge in [-0.3, -0.25) is 4.68 Å². The van der Waals surface area contributed by atoms with Gasteiger partial charge in [0.25, 0.3) is 0 Å². The lowest BCUT2D eigenvalue weighted by atomic mass is 10.1. The third-order valence-electron chi connectivity index (χ3n) is 1.67. The predicted octanol–water partition coefficient (Wildman–Crippen LogP) is 1.33. The second-order valence-electron chi connectivity index (χ2n) is 2.59. The molecule has 1 atom stereocenters. The molecular weight excluding hydrogens is 126 g/mol. The van der Waals surface area contributed by atoms with Gasteiger partial charge in [-0.05, 0) is 6.42 Å². The fourth-order valence-corrected chi connectivity index (χ4v) is 0.764. The van der Waals surface area contributed by atoms with Gasteiger partial charge in [0.05, 0.1) is 0 Å². The average Bonchev–Trinajstić information content (AvgIpc) is 2.34. The van der Waals surface area contributed by atoms with Crippen LogP contribution in [0.15, 0.2) is 6.33 Å². The minimum Gasteiger partial charge on any atom is -0.256 e. The molecule has 1 heterocycles. The Kier molecular flexibility index (Phi) is 2.04. The molecular formula is C7H13N3. The topological polar surface area (TPSA) is 30.7 Å². The third-order valence-corrected chi connectivity index (χ3v) is 1.67. The summed E-state index contributed by atoms with van der Waals surface area (Å²) >= 11 is 0. The van der Waals surface area contributed by atoms with E-state index in [1.54, 1.807) is 11.0 Å². The molecule has 0 saturated carbocycles. The smallest absolute Gasteiger partial charge is 0.153 e. The number of aromatic nitrogens is 3. The maximum atomic E-state index is 4.19. The lowest BCUT2D eigenvalue weighted by molar-refractivity contribution is 0.656. The fraction of sp³-hybridized carbons (Fsp3) is 0.714. The number of hydrogen-bond acceptors (Lipinski definition) is 2. The first-order valence-electron chi connectivity index (χ1n) is 3.59. The molecule has 0 aliphatic carbocycles. The van der Waals surface area contributed by atoms with Gasteiger partial charge in [0, 0.05) is 13.0 Å². The quantitative estimate of drug-likeness (QED) is 0.618. The first-order valence-corrected chi connectivity index (χ1v) is 3.59. The number of rotatable bonds is 2. The van der Waals surface area contributed by atoms with E-state index in [4.69, 9.17) is 0 Å². The second kappa shape index (κ2) is 2.82. The fourth-order valence-electron chi connectivity index (χ4n) is 0.764. The molecule has 3 heteroatoms. The van der Waals surface area contributed by atoms with Crippen molar-refractivity contribution in [2.75, 3.05) is 0 Å². The Morgan fingerprint density at radius 1 is 1.70 bits per heavy atom. The van der Waals surface area contributed by atoms with Crippen LogP contribution in [0.5, 0.6) is 0 Å². The van der Waals surface area contributed by atoms with Gasteiger partial charge in [-0.2, -0.15) is 5.10 Å². The summed E-state index contributed by atoms with van der Waals surface area (Å²) in [5.74, 6) is 1.44. The largest absolute Gasteiger partial charge is 0.256 e. The maximum absolute atomic E-state index is 4.19. The van der Waals surface area contributed by atoms with Gasteiger partial charge in [-0.25, -0.2) is 4.98 Å². The molecule has 1 aromatic rings. The summed E-state index contributed by atoms with van der Waals surface area (Å²) in [6, 6.07) is 0. The normalized spacial score (nSPS) is 13.5. The zero-order valence-electron chi connectivity index (χ0n) is 6.70. The monoisotopic (exact) mass is 139 g/mol. The van der Waals surface area contributed by atoms with Crippen molar-refractivity contribution >= 4 is 0 Å². The first kappa shape index (κ1) is 7.25. The SMILES string of the molecule is CCC(C)c1ncn(C)n1. The van der Waals surface area contributed by atoms with Gasteiger partial charge in [0.1, 0.15) is 6.33 Å². The van der Waals surface area contributed by atoms with Crippen LogP contribution >= 0.6 is 0 Å². The lowest BCUT2D eigenvalue weighted by Gasteiger charge is -1.99. The molecule has 1 unspecified atom stereocenters. The van der Waals surface area contributed by atoms with Crippen LogP contribution in [-0.4, -0.2) is 14.8 Å². The lowest BCUT2D eigenvalue weighted by Crippen LogP contribution is -1.96. The molecule has 10 heavy (non-hydrogen) atoms. The maximum Gasteiger partial charge on any atom is 0.153 e. The van der Waals surface area contributed by atoms with E-state index < -0.39 is 0 Å². The zero-order chi connectivity index (χ0) is 7.56. The van der Waals surface area contributed by atoms with Crippen molar-refractivity contribution in [3.05, 3.63) is 12.2 Å². The van der Waals surface area contributed by atoms with Crippen molar-refractivity contribution < 1.29 is 0 Å². The van der Waals surface area contributed by atoms with E-state index in [9.17, 15) is 0 Å². The molecule has 0 N–H and O–H groups in total. The molecule has 0 fully saturated rings. The third kappa shape index (κ3) is 1.35. The van der Waals surface area contributed by atoms with Gasteiger partial charge < -0.3 is 0 Å². The summed E-state index contributed by atoms with van der Waals surface area (Å²) < 4.78 is 1.74. The molecule has 1 rings (SSSR count). The Labute approximate surface area is 61.1 Å². The molecule has 0 radical (unpaired) electrons. The highest BCUT2D eigenvalue weighted by Gasteiger charge is 2.05. The Morgan fingerprint density at radius 3 is 2.80 bits per heavy atom. The molecule has 56 valence electrons. The Morgan fingerprint density at radius 2 is 2.40 bits per heavy atom. The highest BCUT2D eigenvalue weighted by Crippen LogP contribution is 2.11. The van der Waals surface area contributed by atoms with Crippen molar-refractivity contribution in [3.63, 3.8) is 0 Å². The van der Waals surface area contributed by atoms with Crippen molar-refractivity contribution in [3.8, 4) is 0 Å². The summed E-state index contributed by atoms with van der Waals surface area (Å²) in [6.45, 7) is 4.27. The highest BCUT2D eigenvalue weighted by molar-refractivity contribution is 4.89. The van der Waals surface area contributed by atoms with Crippen LogP contribution in [0.25, 0.3) is 0 Å². The van der Waals surface area contributed by atoms with Crippen LogP contribution in [0.3, 0.4) is 0 Å². The summed E-state index contributed by atoms with van der Waals surface area (Å²) in [5, 5.41) is 4.19. The van der Waals surface area contributed by atoms with E-state index in [2.05, 4.69) is 23.9 Å². The van der Waals surface area contributed by atoms with Crippen LogP contribution < -0.4 is 0 Å². The first-order chi connectivity index (χ1) is 4.74.